The number of benzene rings is 1. The Balaban J connectivity index is 1.13. The number of nitrogens with zero attached hydrogens (tertiary/aromatic N) is 4. The van der Waals surface area contributed by atoms with Crippen molar-refractivity contribution in [3.8, 4) is 22.6 Å². The van der Waals surface area contributed by atoms with Crippen molar-refractivity contribution in [2.45, 2.75) is 50.0 Å². The molecular formula is C29H24Cl2N4O5. The highest BCUT2D eigenvalue weighted by molar-refractivity contribution is 6.39. The van der Waals surface area contributed by atoms with Crippen LogP contribution >= 0.6 is 23.2 Å². The minimum absolute atomic E-state index is 0.151. The molecule has 1 N–H and O–H groups in total. The molecule has 4 aromatic rings. The Morgan fingerprint density at radius 1 is 1.05 bits per heavy atom. The number of carboxylic acids is 1. The number of hydrogen-bond acceptors (Lipinski definition) is 8. The second-order valence-corrected chi connectivity index (χ2v) is 11.7. The van der Waals surface area contributed by atoms with Gasteiger partial charge in [-0.25, -0.2) is 4.79 Å². The number of aromatic nitrogens is 4. The lowest BCUT2D eigenvalue weighted by Gasteiger charge is -2.50. The summed E-state index contributed by atoms with van der Waals surface area (Å²) in [6.45, 7) is 0.506. The van der Waals surface area contributed by atoms with Crippen molar-refractivity contribution < 1.29 is 23.7 Å². The number of pyridine rings is 1. The minimum atomic E-state index is -1.01. The summed E-state index contributed by atoms with van der Waals surface area (Å²) >= 11 is 12.9. The number of rotatable bonds is 7. The van der Waals surface area contributed by atoms with Crippen molar-refractivity contribution in [3.63, 3.8) is 0 Å². The van der Waals surface area contributed by atoms with Crippen molar-refractivity contribution >= 4 is 35.2 Å². The van der Waals surface area contributed by atoms with Crippen LogP contribution in [0.1, 0.15) is 72.0 Å². The van der Waals surface area contributed by atoms with E-state index in [0.717, 1.165) is 49.8 Å². The summed E-state index contributed by atoms with van der Waals surface area (Å²) in [5.74, 6) is 0.978. The van der Waals surface area contributed by atoms with Gasteiger partial charge in [0.2, 0.25) is 5.82 Å². The Morgan fingerprint density at radius 2 is 1.82 bits per heavy atom. The number of aromatic carboxylic acids is 1. The van der Waals surface area contributed by atoms with Gasteiger partial charge in [-0.15, -0.1) is 0 Å². The van der Waals surface area contributed by atoms with E-state index in [2.05, 4.69) is 32.4 Å². The summed E-state index contributed by atoms with van der Waals surface area (Å²) < 4.78 is 17.9. The number of hydrogen-bond donors (Lipinski definition) is 1. The van der Waals surface area contributed by atoms with Crippen molar-refractivity contribution in [2.75, 3.05) is 6.61 Å². The zero-order valence-electron chi connectivity index (χ0n) is 21.3. The van der Waals surface area contributed by atoms with Crippen LogP contribution in [0.3, 0.4) is 0 Å². The lowest BCUT2D eigenvalue weighted by Crippen LogP contribution is -2.48. The molecule has 2 saturated heterocycles. The van der Waals surface area contributed by atoms with Crippen LogP contribution in [0.5, 0.6) is 0 Å². The number of fused-ring (bicyclic) bond motifs is 3. The van der Waals surface area contributed by atoms with E-state index in [4.69, 9.17) is 37.0 Å². The van der Waals surface area contributed by atoms with Crippen LogP contribution in [0.4, 0.5) is 0 Å². The molecule has 3 aromatic heterocycles. The van der Waals surface area contributed by atoms with Crippen molar-refractivity contribution in [1.82, 2.24) is 20.3 Å². The second-order valence-electron chi connectivity index (χ2n) is 10.8. The van der Waals surface area contributed by atoms with Gasteiger partial charge in [-0.1, -0.05) is 57.8 Å². The third-order valence-corrected chi connectivity index (χ3v) is 8.84. The zero-order chi connectivity index (χ0) is 27.5. The Bertz CT molecular complexity index is 1610. The molecule has 2 saturated carbocycles. The Labute approximate surface area is 239 Å². The lowest BCUT2D eigenvalue weighted by molar-refractivity contribution is -0.186. The molecule has 0 radical (unpaired) electrons. The molecular weight excluding hydrogens is 555 g/mol. The summed E-state index contributed by atoms with van der Waals surface area (Å²) in [5.41, 5.74) is 2.10. The maximum absolute atomic E-state index is 11.4. The SMILES string of the molecule is O=C(O)c1cccc(-c2noc(C34CCC(/C=C/c5c(-c6c(Cl)cncc6Cl)noc5C5CC5)(CC3)CO4)n2)c1. The number of carbonyl (C=O) groups is 1. The molecule has 204 valence electrons. The first kappa shape index (κ1) is 25.4. The molecule has 0 amide bonds. The first-order chi connectivity index (χ1) is 19.4. The maximum Gasteiger partial charge on any atom is 0.335 e. The molecule has 2 aliphatic heterocycles. The molecule has 40 heavy (non-hydrogen) atoms. The van der Waals surface area contributed by atoms with Crippen LogP contribution in [-0.2, 0) is 10.3 Å². The van der Waals surface area contributed by atoms with Gasteiger partial charge in [0.25, 0.3) is 5.89 Å². The van der Waals surface area contributed by atoms with E-state index >= 15 is 0 Å². The van der Waals surface area contributed by atoms with Gasteiger partial charge in [0.05, 0.1) is 22.2 Å². The summed E-state index contributed by atoms with van der Waals surface area (Å²) in [4.78, 5) is 20.0. The topological polar surface area (TPSA) is 124 Å². The maximum atomic E-state index is 11.4. The van der Waals surface area contributed by atoms with E-state index < -0.39 is 11.6 Å². The van der Waals surface area contributed by atoms with E-state index in [-0.39, 0.29) is 11.0 Å². The van der Waals surface area contributed by atoms with Crippen molar-refractivity contribution in [2.24, 2.45) is 5.41 Å². The quantitative estimate of drug-likeness (QED) is 0.243. The lowest BCUT2D eigenvalue weighted by atomic mass is 9.65. The fourth-order valence-electron chi connectivity index (χ4n) is 5.72. The normalized spacial score (nSPS) is 24.1. The highest BCUT2D eigenvalue weighted by Gasteiger charge is 2.52. The predicted octanol–water partition coefficient (Wildman–Crippen LogP) is 7.17. The van der Waals surface area contributed by atoms with Gasteiger partial charge < -0.3 is 18.9 Å². The summed E-state index contributed by atoms with van der Waals surface area (Å²) in [7, 11) is 0. The van der Waals surface area contributed by atoms with Gasteiger partial charge in [0, 0.05) is 40.4 Å². The molecule has 4 aliphatic rings. The number of ether oxygens (including phenoxy) is 1. The van der Waals surface area contributed by atoms with E-state index in [1.54, 1.807) is 24.5 Å². The molecule has 11 heteroatoms. The third-order valence-electron chi connectivity index (χ3n) is 8.27. The molecule has 0 spiro atoms. The standard InChI is InChI=1S/C29H24Cl2N4O5/c30-20-13-32-14-21(31)22(20)23-19(24(39-34-23)16-4-5-16)6-7-28-8-10-29(11-9-28,38-15-28)27-33-25(35-40-27)17-2-1-3-18(12-17)26(36)37/h1-3,6-7,12-14,16H,4-5,8-11,15H2,(H,36,37)/b7-6+. The van der Waals surface area contributed by atoms with E-state index in [1.165, 1.54) is 12.1 Å². The molecule has 9 nitrogen and oxygen atoms in total. The van der Waals surface area contributed by atoms with E-state index in [0.29, 0.717) is 51.1 Å². The number of carboxylic acid groups (broad SMARTS) is 1. The van der Waals surface area contributed by atoms with E-state index in [9.17, 15) is 9.90 Å². The van der Waals surface area contributed by atoms with Gasteiger partial charge in [-0.3, -0.25) is 4.98 Å². The highest BCUT2D eigenvalue weighted by atomic mass is 35.5. The molecule has 2 aliphatic carbocycles. The molecule has 5 heterocycles. The first-order valence-corrected chi connectivity index (χ1v) is 13.9. The van der Waals surface area contributed by atoms with Gasteiger partial charge in [-0.2, -0.15) is 4.98 Å². The fourth-order valence-corrected chi connectivity index (χ4v) is 6.26. The first-order valence-electron chi connectivity index (χ1n) is 13.2. The summed E-state index contributed by atoms with van der Waals surface area (Å²) in [6, 6.07) is 6.49. The van der Waals surface area contributed by atoms with Crippen LogP contribution in [0.15, 0.2) is 51.8 Å². The minimum Gasteiger partial charge on any atom is -0.478 e. The van der Waals surface area contributed by atoms with Gasteiger partial charge in [0.15, 0.2) is 0 Å². The average molecular weight is 579 g/mol. The van der Waals surface area contributed by atoms with E-state index in [1.807, 2.05) is 0 Å². The zero-order valence-corrected chi connectivity index (χ0v) is 22.8. The number of halogens is 2. The molecule has 0 unspecified atom stereocenters. The van der Waals surface area contributed by atoms with Crippen molar-refractivity contribution in [3.05, 3.63) is 75.6 Å². The van der Waals surface area contributed by atoms with Crippen LogP contribution in [-0.4, -0.2) is 38.0 Å². The fraction of sp³-hybridized carbons (Fsp3) is 0.345. The van der Waals surface area contributed by atoms with Crippen molar-refractivity contribution in [1.29, 1.82) is 0 Å². The monoisotopic (exact) mass is 578 g/mol. The highest BCUT2D eigenvalue weighted by Crippen LogP contribution is 2.55. The van der Waals surface area contributed by atoms with Crippen LogP contribution < -0.4 is 0 Å². The van der Waals surface area contributed by atoms with Crippen LogP contribution in [0, 0.1) is 5.41 Å². The molecule has 8 rings (SSSR count). The largest absolute Gasteiger partial charge is 0.478 e. The molecule has 0 atom stereocenters. The second kappa shape index (κ2) is 9.54. The summed E-state index contributed by atoms with van der Waals surface area (Å²) in [5, 5.41) is 18.7. The Hall–Kier alpha value is -3.53. The smallest absolute Gasteiger partial charge is 0.335 e. The van der Waals surface area contributed by atoms with Gasteiger partial charge in [0.1, 0.15) is 17.1 Å². The van der Waals surface area contributed by atoms with Gasteiger partial charge >= 0.3 is 5.97 Å². The van der Waals surface area contributed by atoms with Crippen LogP contribution in [0.25, 0.3) is 28.7 Å². The third kappa shape index (κ3) is 4.33. The molecule has 2 bridgehead atoms. The van der Waals surface area contributed by atoms with Crippen LogP contribution in [0.2, 0.25) is 10.0 Å². The average Bonchev–Trinajstić information content (AvgIpc) is 3.53. The predicted molar refractivity (Wildman–Crippen MR) is 146 cm³/mol. The van der Waals surface area contributed by atoms with Gasteiger partial charge in [-0.05, 0) is 50.7 Å². The Morgan fingerprint density at radius 3 is 2.50 bits per heavy atom. The Kier molecular flexibility index (Phi) is 6.07. The molecule has 1 aromatic carbocycles. The summed E-state index contributed by atoms with van der Waals surface area (Å²) in [6.07, 6.45) is 12.8. The molecule has 4 fully saturated rings.